The molecule has 1 saturated carbocycles. The quantitative estimate of drug-likeness (QED) is 0.772. The minimum Gasteiger partial charge on any atom is -0.338 e. The van der Waals surface area contributed by atoms with Gasteiger partial charge >= 0.3 is 0 Å². The number of carbonyl (C=O) groups is 1. The van der Waals surface area contributed by atoms with Gasteiger partial charge in [0.15, 0.2) is 11.0 Å². The van der Waals surface area contributed by atoms with Crippen LogP contribution in [-0.2, 0) is 31.9 Å². The number of carbonyl (C=O) groups excluding carboxylic acids is 1. The number of nitrogens with zero attached hydrogens (tertiary/aromatic N) is 6. The minimum atomic E-state index is 0.211. The van der Waals surface area contributed by atoms with Gasteiger partial charge in [-0.2, -0.15) is 5.10 Å². The zero-order valence-electron chi connectivity index (χ0n) is 15.7. The molecule has 140 valence electrons. The van der Waals surface area contributed by atoms with E-state index in [1.54, 1.807) is 11.8 Å². The fraction of sp³-hybridized carbons (Fsp3) is 0.667. The predicted octanol–water partition coefficient (Wildman–Crippen LogP) is 2.40. The summed E-state index contributed by atoms with van der Waals surface area (Å²) in [7, 11) is 3.95. The van der Waals surface area contributed by atoms with E-state index in [9.17, 15) is 4.79 Å². The molecule has 0 saturated heterocycles. The number of thioether (sulfide) groups is 1. The molecule has 3 heterocycles. The van der Waals surface area contributed by atoms with E-state index in [0.717, 1.165) is 48.0 Å². The van der Waals surface area contributed by atoms with Gasteiger partial charge in [0, 0.05) is 50.8 Å². The summed E-state index contributed by atoms with van der Waals surface area (Å²) in [5.41, 5.74) is 3.20. The van der Waals surface area contributed by atoms with Crippen LogP contribution in [0.25, 0.3) is 11.5 Å². The lowest BCUT2D eigenvalue weighted by Gasteiger charge is -2.32. The summed E-state index contributed by atoms with van der Waals surface area (Å²) in [6.07, 6.45) is 8.57. The van der Waals surface area contributed by atoms with E-state index < -0.39 is 0 Å². The molecule has 2 aromatic rings. The highest BCUT2D eigenvalue weighted by Gasteiger charge is 2.32. The Hall–Kier alpha value is -1.83. The minimum absolute atomic E-state index is 0.211. The highest BCUT2D eigenvalue weighted by Crippen LogP contribution is 2.32. The zero-order chi connectivity index (χ0) is 18.3. The van der Waals surface area contributed by atoms with Gasteiger partial charge in [0.2, 0.25) is 5.91 Å². The van der Waals surface area contributed by atoms with Crippen molar-refractivity contribution in [3.63, 3.8) is 0 Å². The third kappa shape index (κ3) is 2.94. The van der Waals surface area contributed by atoms with E-state index in [0.29, 0.717) is 12.5 Å². The van der Waals surface area contributed by atoms with E-state index in [2.05, 4.69) is 10.2 Å². The van der Waals surface area contributed by atoms with E-state index in [4.69, 9.17) is 5.10 Å². The molecular formula is C18H26N6OS. The van der Waals surface area contributed by atoms with Crippen LogP contribution in [0.2, 0.25) is 0 Å². The van der Waals surface area contributed by atoms with Crippen LogP contribution in [0.15, 0.2) is 5.16 Å². The molecule has 0 N–H and O–H groups in total. The van der Waals surface area contributed by atoms with Crippen LogP contribution in [0.4, 0.5) is 0 Å². The fourth-order valence-corrected chi connectivity index (χ4v) is 4.75. The summed E-state index contributed by atoms with van der Waals surface area (Å²) < 4.78 is 3.93. The monoisotopic (exact) mass is 374 g/mol. The molecule has 0 unspecified atom stereocenters. The Morgan fingerprint density at radius 2 is 1.92 bits per heavy atom. The lowest BCUT2D eigenvalue weighted by molar-refractivity contribution is -0.137. The SMILES string of the molecule is CSc1nnc(-c2nn(C)c3c2CN(C(=O)C2CCCCC2)CC3)n1C. The van der Waals surface area contributed by atoms with Crippen LogP contribution in [0, 0.1) is 5.92 Å². The van der Waals surface area contributed by atoms with Crippen molar-refractivity contribution < 1.29 is 4.79 Å². The van der Waals surface area contributed by atoms with Crippen LogP contribution in [0.3, 0.4) is 0 Å². The molecule has 0 atom stereocenters. The van der Waals surface area contributed by atoms with Crippen molar-refractivity contribution in [3.05, 3.63) is 11.3 Å². The normalized spacial score (nSPS) is 18.2. The van der Waals surface area contributed by atoms with Crippen molar-refractivity contribution in [2.75, 3.05) is 12.8 Å². The average molecular weight is 375 g/mol. The summed E-state index contributed by atoms with van der Waals surface area (Å²) in [6, 6.07) is 0. The maximum absolute atomic E-state index is 13.0. The highest BCUT2D eigenvalue weighted by atomic mass is 32.2. The third-order valence-corrected chi connectivity index (χ3v) is 6.46. The Morgan fingerprint density at radius 1 is 1.15 bits per heavy atom. The number of rotatable bonds is 3. The first-order valence-electron chi connectivity index (χ1n) is 9.37. The van der Waals surface area contributed by atoms with Crippen LogP contribution in [0.5, 0.6) is 0 Å². The average Bonchev–Trinajstić information content (AvgIpc) is 3.21. The zero-order valence-corrected chi connectivity index (χ0v) is 16.6. The van der Waals surface area contributed by atoms with Gasteiger partial charge < -0.3 is 9.47 Å². The van der Waals surface area contributed by atoms with Gasteiger partial charge in [0.05, 0.1) is 0 Å². The van der Waals surface area contributed by atoms with Gasteiger partial charge in [0.25, 0.3) is 0 Å². The smallest absolute Gasteiger partial charge is 0.225 e. The van der Waals surface area contributed by atoms with Gasteiger partial charge in [0.1, 0.15) is 5.69 Å². The van der Waals surface area contributed by atoms with Crippen molar-refractivity contribution in [1.82, 2.24) is 29.4 Å². The van der Waals surface area contributed by atoms with E-state index in [-0.39, 0.29) is 5.92 Å². The molecule has 0 spiro atoms. The molecule has 1 amide bonds. The van der Waals surface area contributed by atoms with Crippen LogP contribution in [-0.4, -0.2) is 48.2 Å². The summed E-state index contributed by atoms with van der Waals surface area (Å²) in [5.74, 6) is 1.31. The number of amides is 1. The number of aromatic nitrogens is 5. The predicted molar refractivity (Wildman–Crippen MR) is 101 cm³/mol. The molecule has 0 radical (unpaired) electrons. The number of aryl methyl sites for hydroxylation is 1. The number of hydrogen-bond donors (Lipinski definition) is 0. The van der Waals surface area contributed by atoms with Crippen molar-refractivity contribution in [3.8, 4) is 11.5 Å². The molecule has 26 heavy (non-hydrogen) atoms. The summed E-state index contributed by atoms with van der Waals surface area (Å²) >= 11 is 1.57. The van der Waals surface area contributed by atoms with E-state index in [1.165, 1.54) is 25.0 Å². The molecule has 0 bridgehead atoms. The maximum atomic E-state index is 13.0. The topological polar surface area (TPSA) is 68.8 Å². The van der Waals surface area contributed by atoms with Gasteiger partial charge in [-0.15, -0.1) is 10.2 Å². The second-order valence-electron chi connectivity index (χ2n) is 7.31. The molecule has 7 nitrogen and oxygen atoms in total. The standard InChI is InChI=1S/C18H26N6OS/c1-22-16(19-20-18(22)26-3)15-13-11-24(10-9-14(13)23(2)21-15)17(25)12-7-5-4-6-8-12/h12H,4-11H2,1-3H3. The third-order valence-electron chi connectivity index (χ3n) is 5.74. The van der Waals surface area contributed by atoms with Gasteiger partial charge in [-0.3, -0.25) is 9.48 Å². The molecule has 2 aromatic heterocycles. The summed E-state index contributed by atoms with van der Waals surface area (Å²) in [5, 5.41) is 14.2. The van der Waals surface area contributed by atoms with Crippen LogP contribution >= 0.6 is 11.8 Å². The Balaban J connectivity index is 1.63. The van der Waals surface area contributed by atoms with Gasteiger partial charge in [-0.25, -0.2) is 0 Å². The first-order chi connectivity index (χ1) is 12.6. The lowest BCUT2D eigenvalue weighted by Crippen LogP contribution is -2.40. The second kappa shape index (κ2) is 7.06. The van der Waals surface area contributed by atoms with Crippen LogP contribution in [0.1, 0.15) is 43.4 Å². The Kier molecular flexibility index (Phi) is 4.77. The largest absolute Gasteiger partial charge is 0.338 e. The Morgan fingerprint density at radius 3 is 2.62 bits per heavy atom. The summed E-state index contributed by atoms with van der Waals surface area (Å²) in [6.45, 7) is 1.42. The number of hydrogen-bond acceptors (Lipinski definition) is 5. The summed E-state index contributed by atoms with van der Waals surface area (Å²) in [4.78, 5) is 15.0. The highest BCUT2D eigenvalue weighted by molar-refractivity contribution is 7.98. The maximum Gasteiger partial charge on any atom is 0.225 e. The molecule has 0 aromatic carbocycles. The lowest BCUT2D eigenvalue weighted by atomic mass is 9.87. The van der Waals surface area contributed by atoms with Crippen molar-refractivity contribution in [2.24, 2.45) is 20.0 Å². The van der Waals surface area contributed by atoms with Crippen LogP contribution < -0.4 is 0 Å². The molecule has 8 heteroatoms. The molecule has 1 aliphatic heterocycles. The van der Waals surface area contributed by atoms with Crippen molar-refractivity contribution >= 4 is 17.7 Å². The van der Waals surface area contributed by atoms with E-state index >= 15 is 0 Å². The molecule has 1 aliphatic carbocycles. The van der Waals surface area contributed by atoms with Crippen molar-refractivity contribution in [1.29, 1.82) is 0 Å². The molecular weight excluding hydrogens is 348 g/mol. The van der Waals surface area contributed by atoms with Crippen molar-refractivity contribution in [2.45, 2.75) is 50.2 Å². The molecule has 4 rings (SSSR count). The Bertz CT molecular complexity index is 820. The molecule has 1 fully saturated rings. The number of fused-ring (bicyclic) bond motifs is 1. The second-order valence-corrected chi connectivity index (χ2v) is 8.08. The fourth-order valence-electron chi connectivity index (χ4n) is 4.27. The first kappa shape index (κ1) is 17.6. The van der Waals surface area contributed by atoms with Gasteiger partial charge in [-0.1, -0.05) is 31.0 Å². The first-order valence-corrected chi connectivity index (χ1v) is 10.6. The molecule has 2 aliphatic rings. The van der Waals surface area contributed by atoms with Gasteiger partial charge in [-0.05, 0) is 19.1 Å². The Labute approximate surface area is 158 Å². The van der Waals surface area contributed by atoms with E-state index in [1.807, 2.05) is 34.5 Å².